The van der Waals surface area contributed by atoms with Gasteiger partial charge in [0.1, 0.15) is 17.4 Å². The van der Waals surface area contributed by atoms with Crippen molar-refractivity contribution in [3.8, 4) is 0 Å². The van der Waals surface area contributed by atoms with Crippen LogP contribution in [0.25, 0.3) is 10.9 Å². The SMILES string of the molecule is CC(C)(C)OC(=O)N1CCCC[C@H]1[C@@H](O)c1cc(C(F)(F)F)nc2c(C(F)(F)F)cccc12. The molecule has 0 bridgehead atoms. The van der Waals surface area contributed by atoms with Gasteiger partial charge in [0.2, 0.25) is 0 Å². The normalized spacial score (nSPS) is 19.0. The van der Waals surface area contributed by atoms with Gasteiger partial charge in [0, 0.05) is 11.9 Å². The van der Waals surface area contributed by atoms with Gasteiger partial charge < -0.3 is 14.7 Å². The topological polar surface area (TPSA) is 62.7 Å². The van der Waals surface area contributed by atoms with Crippen LogP contribution in [0.2, 0.25) is 0 Å². The molecule has 2 aromatic rings. The second-order valence-corrected chi connectivity index (χ2v) is 8.98. The monoisotopic (exact) mass is 478 g/mol. The summed E-state index contributed by atoms with van der Waals surface area (Å²) in [6.45, 7) is 5.13. The molecule has 0 radical (unpaired) electrons. The number of ether oxygens (including phenoxy) is 1. The van der Waals surface area contributed by atoms with Crippen LogP contribution in [0.3, 0.4) is 0 Å². The highest BCUT2D eigenvalue weighted by Gasteiger charge is 2.40. The summed E-state index contributed by atoms with van der Waals surface area (Å²) in [4.78, 5) is 17.2. The number of carbonyl (C=O) groups is 1. The van der Waals surface area contributed by atoms with Gasteiger partial charge in [-0.05, 0) is 57.7 Å². The number of piperidine rings is 1. The quantitative estimate of drug-likeness (QED) is 0.531. The Balaban J connectivity index is 2.15. The molecule has 1 amide bonds. The summed E-state index contributed by atoms with van der Waals surface area (Å²) in [6.07, 6.45) is -11.0. The first kappa shape index (κ1) is 25.1. The maximum absolute atomic E-state index is 13.5. The molecule has 1 aliphatic heterocycles. The van der Waals surface area contributed by atoms with Gasteiger partial charge in [0.25, 0.3) is 0 Å². The molecule has 182 valence electrons. The Morgan fingerprint density at radius 1 is 1.12 bits per heavy atom. The molecule has 2 atom stereocenters. The van der Waals surface area contributed by atoms with Crippen LogP contribution in [0.4, 0.5) is 31.1 Å². The molecular formula is C22H24F6N2O3. The van der Waals surface area contributed by atoms with Gasteiger partial charge in [-0.15, -0.1) is 0 Å². The van der Waals surface area contributed by atoms with Crippen molar-refractivity contribution in [3.63, 3.8) is 0 Å². The third kappa shape index (κ3) is 5.51. The van der Waals surface area contributed by atoms with E-state index in [1.54, 1.807) is 20.8 Å². The fraction of sp³-hybridized carbons (Fsp3) is 0.545. The molecule has 2 heterocycles. The van der Waals surface area contributed by atoms with Gasteiger partial charge in [-0.25, -0.2) is 9.78 Å². The van der Waals surface area contributed by atoms with E-state index < -0.39 is 53.0 Å². The number of likely N-dealkylation sites (tertiary alicyclic amines) is 1. The van der Waals surface area contributed by atoms with E-state index in [0.717, 1.165) is 6.07 Å². The number of nitrogens with zero attached hydrogens (tertiary/aromatic N) is 2. The minimum absolute atomic E-state index is 0.194. The second-order valence-electron chi connectivity index (χ2n) is 8.98. The predicted molar refractivity (Wildman–Crippen MR) is 107 cm³/mol. The Kier molecular flexibility index (Phi) is 6.58. The molecule has 5 nitrogen and oxygen atoms in total. The van der Waals surface area contributed by atoms with Crippen LogP contribution in [0.1, 0.15) is 63.0 Å². The maximum Gasteiger partial charge on any atom is 0.433 e. The van der Waals surface area contributed by atoms with E-state index in [0.29, 0.717) is 25.0 Å². The fourth-order valence-corrected chi connectivity index (χ4v) is 3.93. The third-order valence-corrected chi connectivity index (χ3v) is 5.33. The lowest BCUT2D eigenvalue weighted by Gasteiger charge is -2.39. The fourth-order valence-electron chi connectivity index (χ4n) is 3.93. The van der Waals surface area contributed by atoms with Crippen molar-refractivity contribution >= 4 is 17.0 Å². The van der Waals surface area contributed by atoms with Crippen LogP contribution < -0.4 is 0 Å². The summed E-state index contributed by atoms with van der Waals surface area (Å²) in [5.41, 5.74) is -5.03. The zero-order valence-corrected chi connectivity index (χ0v) is 18.2. The number of carbonyl (C=O) groups excluding carboxylic acids is 1. The van der Waals surface area contributed by atoms with E-state index in [1.165, 1.54) is 11.0 Å². The Morgan fingerprint density at radius 2 is 1.79 bits per heavy atom. The molecule has 0 unspecified atom stereocenters. The Bertz CT molecular complexity index is 1030. The van der Waals surface area contributed by atoms with Crippen molar-refractivity contribution in [2.75, 3.05) is 6.54 Å². The first-order chi connectivity index (χ1) is 15.1. The van der Waals surface area contributed by atoms with Crippen LogP contribution >= 0.6 is 0 Å². The molecular weight excluding hydrogens is 454 g/mol. The zero-order chi connectivity index (χ0) is 24.8. The Labute approximate surface area is 186 Å². The largest absolute Gasteiger partial charge is 0.444 e. The Hall–Kier alpha value is -2.56. The van der Waals surface area contributed by atoms with Gasteiger partial charge in [0.15, 0.2) is 0 Å². The van der Waals surface area contributed by atoms with E-state index in [9.17, 15) is 36.2 Å². The highest BCUT2D eigenvalue weighted by Crippen LogP contribution is 2.41. The minimum atomic E-state index is -5.04. The second kappa shape index (κ2) is 8.66. The lowest BCUT2D eigenvalue weighted by atomic mass is 9.90. The molecule has 11 heteroatoms. The lowest BCUT2D eigenvalue weighted by molar-refractivity contribution is -0.142. The number of amides is 1. The highest BCUT2D eigenvalue weighted by atomic mass is 19.4. The number of hydrogen-bond acceptors (Lipinski definition) is 4. The average Bonchev–Trinajstić information content (AvgIpc) is 2.69. The molecule has 1 N–H and O–H groups in total. The summed E-state index contributed by atoms with van der Waals surface area (Å²) in [5.74, 6) is 0. The molecule has 3 rings (SSSR count). The summed E-state index contributed by atoms with van der Waals surface area (Å²) >= 11 is 0. The van der Waals surface area contributed by atoms with E-state index in [2.05, 4.69) is 4.98 Å². The number of aliphatic hydroxyl groups excluding tert-OH is 1. The standard InChI is InChI=1S/C22H24F6N2O3/c1-20(2,3)33-19(32)30-10-5-4-9-15(30)18(31)13-11-16(22(26,27)28)29-17-12(13)7-6-8-14(17)21(23,24)25/h6-8,11,15,18,31H,4-5,9-10H2,1-3H3/t15-,18-/m0/s1. The van der Waals surface area contributed by atoms with E-state index >= 15 is 0 Å². The van der Waals surface area contributed by atoms with Crippen molar-refractivity contribution in [1.82, 2.24) is 9.88 Å². The van der Waals surface area contributed by atoms with Gasteiger partial charge in [-0.2, -0.15) is 26.3 Å². The molecule has 1 saturated heterocycles. The molecule has 1 aromatic carbocycles. The van der Waals surface area contributed by atoms with Crippen molar-refractivity contribution in [1.29, 1.82) is 0 Å². The number of pyridine rings is 1. The predicted octanol–water partition coefficient (Wildman–Crippen LogP) is 6.10. The molecule has 33 heavy (non-hydrogen) atoms. The van der Waals surface area contributed by atoms with Crippen LogP contribution in [0, 0.1) is 0 Å². The smallest absolute Gasteiger partial charge is 0.433 e. The van der Waals surface area contributed by atoms with Crippen molar-refractivity contribution in [2.24, 2.45) is 0 Å². The number of aliphatic hydroxyl groups is 1. The van der Waals surface area contributed by atoms with Crippen molar-refractivity contribution in [3.05, 3.63) is 41.1 Å². The summed E-state index contributed by atoms with van der Waals surface area (Å²) < 4.78 is 86.4. The van der Waals surface area contributed by atoms with Gasteiger partial charge in [-0.3, -0.25) is 0 Å². The number of rotatable bonds is 2. The first-order valence-corrected chi connectivity index (χ1v) is 10.4. The van der Waals surface area contributed by atoms with Crippen LogP contribution in [-0.4, -0.2) is 39.3 Å². The molecule has 0 spiro atoms. The van der Waals surface area contributed by atoms with Crippen molar-refractivity contribution < 1.29 is 41.0 Å². The van der Waals surface area contributed by atoms with Gasteiger partial charge >= 0.3 is 18.4 Å². The number of benzene rings is 1. The number of alkyl halides is 6. The zero-order valence-electron chi connectivity index (χ0n) is 18.2. The van der Waals surface area contributed by atoms with Crippen LogP contribution in [0.15, 0.2) is 24.3 Å². The number of para-hydroxylation sites is 1. The van der Waals surface area contributed by atoms with E-state index in [4.69, 9.17) is 4.74 Å². The van der Waals surface area contributed by atoms with Crippen molar-refractivity contribution in [2.45, 2.75) is 70.1 Å². The molecule has 1 aliphatic rings. The number of halogens is 6. The summed E-state index contributed by atoms with van der Waals surface area (Å²) in [7, 11) is 0. The lowest BCUT2D eigenvalue weighted by Crippen LogP contribution is -2.48. The summed E-state index contributed by atoms with van der Waals surface area (Å²) in [6, 6.07) is 2.43. The van der Waals surface area contributed by atoms with E-state index in [-0.39, 0.29) is 23.9 Å². The highest BCUT2D eigenvalue weighted by molar-refractivity contribution is 5.86. The average molecular weight is 478 g/mol. The third-order valence-electron chi connectivity index (χ3n) is 5.33. The molecule has 0 aliphatic carbocycles. The van der Waals surface area contributed by atoms with Crippen LogP contribution in [-0.2, 0) is 17.1 Å². The Morgan fingerprint density at radius 3 is 2.36 bits per heavy atom. The van der Waals surface area contributed by atoms with Gasteiger partial charge in [-0.1, -0.05) is 12.1 Å². The minimum Gasteiger partial charge on any atom is -0.444 e. The summed E-state index contributed by atoms with van der Waals surface area (Å²) in [5, 5.41) is 10.9. The maximum atomic E-state index is 13.5. The van der Waals surface area contributed by atoms with Crippen LogP contribution in [0.5, 0.6) is 0 Å². The molecule has 1 aromatic heterocycles. The number of hydrogen-bond donors (Lipinski definition) is 1. The number of aromatic nitrogens is 1. The van der Waals surface area contributed by atoms with E-state index in [1.807, 2.05) is 0 Å². The number of fused-ring (bicyclic) bond motifs is 1. The molecule has 1 fully saturated rings. The molecule has 0 saturated carbocycles. The first-order valence-electron chi connectivity index (χ1n) is 10.4. The van der Waals surface area contributed by atoms with Gasteiger partial charge in [0.05, 0.1) is 17.1 Å².